The molecule has 0 amide bonds. The van der Waals surface area contributed by atoms with Gasteiger partial charge < -0.3 is 0 Å². The molecular formula is C18H13F3N6S. The number of halogens is 3. The van der Waals surface area contributed by atoms with Crippen LogP contribution in [0.5, 0.6) is 0 Å². The molecule has 4 aromatic rings. The quantitative estimate of drug-likeness (QED) is 0.507. The van der Waals surface area contributed by atoms with E-state index in [1.54, 1.807) is 32.4 Å². The predicted molar refractivity (Wildman–Crippen MR) is 98.4 cm³/mol. The van der Waals surface area contributed by atoms with Crippen LogP contribution in [0.4, 0.5) is 13.2 Å². The Morgan fingerprint density at radius 3 is 2.64 bits per heavy atom. The molecule has 0 saturated heterocycles. The number of fused-ring (bicyclic) bond motifs is 1. The Morgan fingerprint density at radius 2 is 1.96 bits per heavy atom. The lowest BCUT2D eigenvalue weighted by molar-refractivity contribution is -0.141. The molecule has 0 aliphatic rings. The van der Waals surface area contributed by atoms with Gasteiger partial charge >= 0.3 is 6.18 Å². The smallest absolute Gasteiger partial charge is 0.272 e. The fraction of sp³-hybridized carbons (Fsp3) is 0.222. The van der Waals surface area contributed by atoms with Gasteiger partial charge in [-0.05, 0) is 13.0 Å². The molecule has 0 fully saturated rings. The summed E-state index contributed by atoms with van der Waals surface area (Å²) in [5, 5.41) is 17.8. The van der Waals surface area contributed by atoms with E-state index in [1.165, 1.54) is 33.1 Å². The third-order valence-electron chi connectivity index (χ3n) is 4.39. The van der Waals surface area contributed by atoms with Gasteiger partial charge in [-0.25, -0.2) is 0 Å². The normalized spacial score (nSPS) is 11.9. The first kappa shape index (κ1) is 18.2. The number of hydrogen-bond donors (Lipinski definition) is 0. The fourth-order valence-electron chi connectivity index (χ4n) is 3.15. The van der Waals surface area contributed by atoms with Crippen molar-refractivity contribution < 1.29 is 13.2 Å². The number of nitrogens with zero attached hydrogens (tertiary/aromatic N) is 6. The lowest BCUT2D eigenvalue weighted by atomic mass is 10.0. The number of aryl methyl sites for hydroxylation is 2. The monoisotopic (exact) mass is 402 g/mol. The van der Waals surface area contributed by atoms with Gasteiger partial charge in [-0.15, -0.1) is 11.3 Å². The first-order chi connectivity index (χ1) is 13.3. The third kappa shape index (κ3) is 2.84. The summed E-state index contributed by atoms with van der Waals surface area (Å²) in [6, 6.07) is 3.81. The molecule has 0 aliphatic heterocycles. The molecule has 10 heteroatoms. The maximum Gasteiger partial charge on any atom is 0.435 e. The summed E-state index contributed by atoms with van der Waals surface area (Å²) in [6.45, 7) is 2.03. The molecule has 4 heterocycles. The summed E-state index contributed by atoms with van der Waals surface area (Å²) in [5.41, 5.74) is 0.422. The van der Waals surface area contributed by atoms with Crippen LogP contribution < -0.4 is 0 Å². The van der Waals surface area contributed by atoms with Crippen LogP contribution >= 0.6 is 11.3 Å². The topological polar surface area (TPSA) is 72.3 Å². The number of nitriles is 1. The zero-order valence-corrected chi connectivity index (χ0v) is 15.6. The summed E-state index contributed by atoms with van der Waals surface area (Å²) >= 11 is 1.28. The second-order valence-corrected chi connectivity index (χ2v) is 7.18. The van der Waals surface area contributed by atoms with E-state index in [0.717, 1.165) is 10.1 Å². The Morgan fingerprint density at radius 1 is 1.18 bits per heavy atom. The van der Waals surface area contributed by atoms with Crippen LogP contribution in [0.15, 0.2) is 30.9 Å². The standard InChI is InChI=1S/C18H13F3N6S/c1-3-27-9-14(17(25-27)18(19,20)21)16-13(7-24-26(16)2)12-6-23-8-15-11(12)4-10(5-22)28-15/h4,6-9H,3H2,1-2H3. The molecule has 0 N–H and O–H groups in total. The first-order valence-electron chi connectivity index (χ1n) is 8.28. The molecule has 0 bridgehead atoms. The Bertz CT molecular complexity index is 1220. The van der Waals surface area contributed by atoms with E-state index in [-0.39, 0.29) is 5.56 Å². The summed E-state index contributed by atoms with van der Waals surface area (Å²) in [5.74, 6) is 0. The van der Waals surface area contributed by atoms with Crippen LogP contribution in [0.25, 0.3) is 32.5 Å². The van der Waals surface area contributed by atoms with Crippen molar-refractivity contribution in [2.75, 3.05) is 0 Å². The molecule has 0 radical (unpaired) electrons. The lowest BCUT2D eigenvalue weighted by Gasteiger charge is -2.09. The average Bonchev–Trinajstić information content (AvgIpc) is 3.35. The molecule has 0 spiro atoms. The van der Waals surface area contributed by atoms with Crippen molar-refractivity contribution in [3.05, 3.63) is 41.4 Å². The molecule has 0 aromatic carbocycles. The number of alkyl halides is 3. The highest BCUT2D eigenvalue weighted by atomic mass is 32.1. The minimum Gasteiger partial charge on any atom is -0.272 e. The third-order valence-corrected chi connectivity index (χ3v) is 5.37. The van der Waals surface area contributed by atoms with Crippen LogP contribution in [0.1, 0.15) is 17.5 Å². The minimum absolute atomic E-state index is 0.0444. The number of rotatable bonds is 3. The van der Waals surface area contributed by atoms with E-state index < -0.39 is 11.9 Å². The maximum atomic E-state index is 13.6. The fourth-order valence-corrected chi connectivity index (χ4v) is 4.00. The Balaban J connectivity index is 2.00. The molecule has 4 aromatic heterocycles. The Kier molecular flexibility index (Phi) is 4.19. The average molecular weight is 402 g/mol. The van der Waals surface area contributed by atoms with Gasteiger partial charge in [0.2, 0.25) is 0 Å². The van der Waals surface area contributed by atoms with Gasteiger partial charge in [0, 0.05) is 48.7 Å². The SMILES string of the molecule is CCn1cc(-c2c(-c3cncc4sc(C#N)cc34)cnn2C)c(C(F)(F)F)n1. The van der Waals surface area contributed by atoms with Crippen molar-refractivity contribution in [1.29, 1.82) is 5.26 Å². The van der Waals surface area contributed by atoms with Gasteiger partial charge in [0.15, 0.2) is 5.69 Å². The van der Waals surface area contributed by atoms with Crippen molar-refractivity contribution in [3.63, 3.8) is 0 Å². The highest BCUT2D eigenvalue weighted by molar-refractivity contribution is 7.19. The van der Waals surface area contributed by atoms with E-state index in [9.17, 15) is 18.4 Å². The van der Waals surface area contributed by atoms with Gasteiger partial charge in [0.25, 0.3) is 0 Å². The van der Waals surface area contributed by atoms with Gasteiger partial charge in [-0.1, -0.05) is 0 Å². The second-order valence-electron chi connectivity index (χ2n) is 6.10. The highest BCUT2D eigenvalue weighted by Gasteiger charge is 2.39. The maximum absolute atomic E-state index is 13.6. The summed E-state index contributed by atoms with van der Waals surface area (Å²) in [7, 11) is 1.59. The Labute approximate surface area is 161 Å². The van der Waals surface area contributed by atoms with Crippen molar-refractivity contribution in [2.45, 2.75) is 19.6 Å². The lowest BCUT2D eigenvalue weighted by Crippen LogP contribution is -2.09. The molecule has 0 aliphatic carbocycles. The largest absolute Gasteiger partial charge is 0.435 e. The predicted octanol–water partition coefficient (Wildman–Crippen LogP) is 4.47. The van der Waals surface area contributed by atoms with Crippen LogP contribution in [0, 0.1) is 11.3 Å². The Hall–Kier alpha value is -3.19. The minimum atomic E-state index is -4.60. The summed E-state index contributed by atoms with van der Waals surface area (Å²) in [6.07, 6.45) is 1.51. The van der Waals surface area contributed by atoms with E-state index >= 15 is 0 Å². The first-order valence-corrected chi connectivity index (χ1v) is 9.10. The van der Waals surface area contributed by atoms with Crippen molar-refractivity contribution >= 4 is 21.4 Å². The van der Waals surface area contributed by atoms with Crippen LogP contribution in [-0.4, -0.2) is 24.5 Å². The van der Waals surface area contributed by atoms with E-state index in [1.807, 2.05) is 0 Å². The number of aromatic nitrogens is 5. The van der Waals surface area contributed by atoms with Crippen molar-refractivity contribution in [1.82, 2.24) is 24.5 Å². The van der Waals surface area contributed by atoms with Gasteiger partial charge in [0.1, 0.15) is 10.9 Å². The van der Waals surface area contributed by atoms with E-state index in [0.29, 0.717) is 28.2 Å². The molecule has 28 heavy (non-hydrogen) atoms. The molecule has 0 atom stereocenters. The molecule has 6 nitrogen and oxygen atoms in total. The number of pyridine rings is 1. The number of hydrogen-bond acceptors (Lipinski definition) is 5. The van der Waals surface area contributed by atoms with Crippen LogP contribution in [0.3, 0.4) is 0 Å². The van der Waals surface area contributed by atoms with Gasteiger partial charge in [0.05, 0.1) is 22.2 Å². The highest BCUT2D eigenvalue weighted by Crippen LogP contribution is 2.42. The van der Waals surface area contributed by atoms with Gasteiger partial charge in [-0.3, -0.25) is 14.3 Å². The second kappa shape index (κ2) is 6.45. The molecule has 0 saturated carbocycles. The zero-order valence-electron chi connectivity index (χ0n) is 14.8. The van der Waals surface area contributed by atoms with Crippen LogP contribution in [-0.2, 0) is 19.8 Å². The number of thiophene rings is 1. The summed E-state index contributed by atoms with van der Waals surface area (Å²) < 4.78 is 44.3. The zero-order chi connectivity index (χ0) is 20.1. The molecule has 4 rings (SSSR count). The molecule has 0 unspecified atom stereocenters. The van der Waals surface area contributed by atoms with Crippen LogP contribution in [0.2, 0.25) is 0 Å². The summed E-state index contributed by atoms with van der Waals surface area (Å²) in [4.78, 5) is 4.70. The molecule has 142 valence electrons. The van der Waals surface area contributed by atoms with E-state index in [4.69, 9.17) is 0 Å². The van der Waals surface area contributed by atoms with Crippen molar-refractivity contribution in [3.8, 4) is 28.5 Å². The van der Waals surface area contributed by atoms with E-state index in [2.05, 4.69) is 21.3 Å². The van der Waals surface area contributed by atoms with Crippen molar-refractivity contribution in [2.24, 2.45) is 7.05 Å². The van der Waals surface area contributed by atoms with Gasteiger partial charge in [-0.2, -0.15) is 28.6 Å². The molecular weight excluding hydrogens is 389 g/mol.